The van der Waals surface area contributed by atoms with E-state index in [-0.39, 0.29) is 17.0 Å². The van der Waals surface area contributed by atoms with Crippen LogP contribution in [0.4, 0.5) is 5.69 Å². The Morgan fingerprint density at radius 1 is 1.25 bits per heavy atom. The van der Waals surface area contributed by atoms with Crippen molar-refractivity contribution in [3.05, 3.63) is 64.6 Å². The Bertz CT molecular complexity index is 1150. The summed E-state index contributed by atoms with van der Waals surface area (Å²) in [5.41, 5.74) is 4.08. The summed E-state index contributed by atoms with van der Waals surface area (Å²) in [7, 11) is 1.70. The van der Waals surface area contributed by atoms with Gasteiger partial charge in [-0.3, -0.25) is 4.79 Å². The van der Waals surface area contributed by atoms with E-state index in [1.165, 1.54) is 5.69 Å². The van der Waals surface area contributed by atoms with Gasteiger partial charge in [-0.1, -0.05) is 0 Å². The number of hydrogen-bond donors (Lipinski definition) is 1. The summed E-state index contributed by atoms with van der Waals surface area (Å²) in [6.07, 6.45) is 5.26. The van der Waals surface area contributed by atoms with E-state index in [0.29, 0.717) is 13.0 Å². The van der Waals surface area contributed by atoms with Crippen LogP contribution in [0, 0.1) is 0 Å². The minimum absolute atomic E-state index is 0.197. The van der Waals surface area contributed by atoms with E-state index in [0.717, 1.165) is 55.0 Å². The van der Waals surface area contributed by atoms with Crippen LogP contribution < -0.4 is 10.1 Å². The molecule has 1 atom stereocenters. The maximum absolute atomic E-state index is 12.8. The molecule has 0 bridgehead atoms. The second-order valence-electron chi connectivity index (χ2n) is 9.19. The number of hydrogen-bond acceptors (Lipinski definition) is 5. The molecule has 2 aromatic heterocycles. The Hall–Kier alpha value is -2.77. The number of aromatic nitrogens is 1. The Morgan fingerprint density at radius 3 is 2.91 bits per heavy atom. The molecule has 3 aliphatic rings. The number of carbonyl (C=O) groups excluding carboxylic acids is 1. The molecule has 2 saturated heterocycles. The first-order valence-corrected chi connectivity index (χ1v) is 12.1. The smallest absolute Gasteiger partial charge is 0.227 e. The van der Waals surface area contributed by atoms with Gasteiger partial charge in [0.2, 0.25) is 5.91 Å². The molecular formula is C25H27N3O3S. The van der Waals surface area contributed by atoms with Gasteiger partial charge in [-0.2, -0.15) is 11.3 Å². The lowest BCUT2D eigenvalue weighted by Gasteiger charge is -2.41. The number of carbonyl (C=O) groups is 1. The Morgan fingerprint density at radius 2 is 2.12 bits per heavy atom. The maximum atomic E-state index is 12.8. The van der Waals surface area contributed by atoms with E-state index in [1.807, 2.05) is 22.4 Å². The van der Waals surface area contributed by atoms with Gasteiger partial charge in [-0.25, -0.2) is 0 Å². The molecule has 1 amide bonds. The second-order valence-corrected chi connectivity index (χ2v) is 9.97. The third-order valence-electron chi connectivity index (χ3n) is 7.29. The lowest BCUT2D eigenvalue weighted by molar-refractivity contribution is -0.135. The first kappa shape index (κ1) is 19.9. The van der Waals surface area contributed by atoms with E-state index in [4.69, 9.17) is 9.47 Å². The van der Waals surface area contributed by atoms with Gasteiger partial charge in [0.15, 0.2) is 0 Å². The van der Waals surface area contributed by atoms with Crippen LogP contribution >= 0.6 is 11.3 Å². The van der Waals surface area contributed by atoms with Crippen molar-refractivity contribution in [1.82, 2.24) is 9.47 Å². The van der Waals surface area contributed by atoms with Crippen LogP contribution in [-0.4, -0.2) is 47.8 Å². The molecule has 1 N–H and O–H groups in total. The van der Waals surface area contributed by atoms with Crippen LogP contribution in [0.2, 0.25) is 0 Å². The number of likely N-dealkylation sites (tertiary alicyclic amines) is 1. The first-order chi connectivity index (χ1) is 15.6. The quantitative estimate of drug-likeness (QED) is 0.651. The van der Waals surface area contributed by atoms with Crippen LogP contribution in [0.25, 0.3) is 5.69 Å². The number of benzene rings is 1. The fourth-order valence-corrected chi connectivity index (χ4v) is 6.26. The van der Waals surface area contributed by atoms with E-state index >= 15 is 0 Å². The van der Waals surface area contributed by atoms with Crippen molar-refractivity contribution in [2.45, 2.75) is 36.8 Å². The summed E-state index contributed by atoms with van der Waals surface area (Å²) in [4.78, 5) is 14.8. The number of rotatable bonds is 3. The largest absolute Gasteiger partial charge is 0.497 e. The number of nitrogens with zero attached hydrogens (tertiary/aromatic N) is 2. The minimum Gasteiger partial charge on any atom is -0.497 e. The summed E-state index contributed by atoms with van der Waals surface area (Å²) in [5, 5.41) is 7.91. The Kier molecular flexibility index (Phi) is 4.59. The number of thiophene rings is 1. The van der Waals surface area contributed by atoms with Gasteiger partial charge < -0.3 is 24.3 Å². The van der Waals surface area contributed by atoms with Gasteiger partial charge in [-0.05, 0) is 59.5 Å². The van der Waals surface area contributed by atoms with Gasteiger partial charge in [-0.15, -0.1) is 0 Å². The van der Waals surface area contributed by atoms with Crippen LogP contribution in [-0.2, 0) is 21.5 Å². The van der Waals surface area contributed by atoms with Crippen LogP contribution in [0.3, 0.4) is 0 Å². The number of methoxy groups -OCH3 is 1. The third-order valence-corrected chi connectivity index (χ3v) is 8.02. The normalized spacial score (nSPS) is 23.1. The van der Waals surface area contributed by atoms with E-state index in [9.17, 15) is 4.79 Å². The van der Waals surface area contributed by atoms with E-state index in [1.54, 1.807) is 18.4 Å². The molecule has 166 valence electrons. The molecule has 7 heteroatoms. The number of piperidine rings is 1. The van der Waals surface area contributed by atoms with E-state index < -0.39 is 0 Å². The van der Waals surface area contributed by atoms with Crippen molar-refractivity contribution < 1.29 is 14.3 Å². The molecule has 3 aromatic rings. The highest BCUT2D eigenvalue weighted by molar-refractivity contribution is 7.08. The molecule has 3 aliphatic heterocycles. The second kappa shape index (κ2) is 7.39. The Balaban J connectivity index is 1.21. The van der Waals surface area contributed by atoms with Gasteiger partial charge in [0, 0.05) is 31.8 Å². The average molecular weight is 450 g/mol. The Labute approximate surface area is 191 Å². The highest BCUT2D eigenvalue weighted by Gasteiger charge is 2.54. The van der Waals surface area contributed by atoms with E-state index in [2.05, 4.69) is 45.7 Å². The molecule has 2 spiro atoms. The van der Waals surface area contributed by atoms with Gasteiger partial charge in [0.25, 0.3) is 0 Å². The van der Waals surface area contributed by atoms with Crippen LogP contribution in [0.5, 0.6) is 5.75 Å². The molecular weight excluding hydrogens is 422 g/mol. The van der Waals surface area contributed by atoms with Crippen molar-refractivity contribution >= 4 is 22.9 Å². The molecule has 6 rings (SSSR count). The molecule has 0 unspecified atom stereocenters. The number of nitrogens with one attached hydrogen (secondary N) is 1. The summed E-state index contributed by atoms with van der Waals surface area (Å²) in [5.74, 6) is 1.06. The summed E-state index contributed by atoms with van der Waals surface area (Å²) >= 11 is 1.64. The predicted octanol–water partition coefficient (Wildman–Crippen LogP) is 4.19. The zero-order valence-corrected chi connectivity index (χ0v) is 19.0. The highest BCUT2D eigenvalue weighted by Crippen LogP contribution is 2.50. The summed E-state index contributed by atoms with van der Waals surface area (Å²) < 4.78 is 14.3. The number of ether oxygens (including phenoxy) is 2. The molecule has 32 heavy (non-hydrogen) atoms. The van der Waals surface area contributed by atoms with Gasteiger partial charge in [0.1, 0.15) is 11.3 Å². The SMILES string of the molecule is COc1ccc2c(c1)N[C@]1(COC3(CCN(C(=O)Cc4ccsc4)CC3)C1)c1cccn1-2. The molecule has 6 nitrogen and oxygen atoms in total. The molecule has 0 radical (unpaired) electrons. The predicted molar refractivity (Wildman–Crippen MR) is 125 cm³/mol. The standard InChI is InChI=1S/C25H27N3O3S/c1-30-19-4-5-21-20(14-19)26-25(22-3-2-9-28(21)22)16-24(31-17-25)7-10-27(11-8-24)23(29)13-18-6-12-32-15-18/h2-6,9,12,14-15,26H,7-8,10-11,13,16-17H2,1H3/t25-/m1/s1. The van der Waals surface area contributed by atoms with Crippen molar-refractivity contribution in [3.8, 4) is 11.4 Å². The first-order valence-electron chi connectivity index (χ1n) is 11.2. The third kappa shape index (κ3) is 3.14. The molecule has 0 aliphatic carbocycles. The fraction of sp³-hybridized carbons (Fsp3) is 0.400. The lowest BCUT2D eigenvalue weighted by atomic mass is 9.79. The topological polar surface area (TPSA) is 55.7 Å². The summed E-state index contributed by atoms with van der Waals surface area (Å²) in [6, 6.07) is 12.5. The highest BCUT2D eigenvalue weighted by atomic mass is 32.1. The fourth-order valence-electron chi connectivity index (χ4n) is 5.59. The van der Waals surface area contributed by atoms with Crippen LogP contribution in [0.15, 0.2) is 53.4 Å². The molecule has 2 fully saturated rings. The van der Waals surface area contributed by atoms with Crippen LogP contribution in [0.1, 0.15) is 30.5 Å². The molecule has 0 saturated carbocycles. The van der Waals surface area contributed by atoms with Crippen molar-refractivity contribution in [2.24, 2.45) is 0 Å². The molecule has 1 aromatic carbocycles. The minimum atomic E-state index is -0.272. The van der Waals surface area contributed by atoms with Crippen molar-refractivity contribution in [1.29, 1.82) is 0 Å². The maximum Gasteiger partial charge on any atom is 0.227 e. The van der Waals surface area contributed by atoms with Gasteiger partial charge >= 0.3 is 0 Å². The molecule has 5 heterocycles. The zero-order valence-electron chi connectivity index (χ0n) is 18.2. The zero-order chi connectivity index (χ0) is 21.8. The van der Waals surface area contributed by atoms with Crippen molar-refractivity contribution in [2.75, 3.05) is 32.1 Å². The van der Waals surface area contributed by atoms with Crippen molar-refractivity contribution in [3.63, 3.8) is 0 Å². The van der Waals surface area contributed by atoms with Gasteiger partial charge in [0.05, 0.1) is 42.8 Å². The number of fused-ring (bicyclic) bond motifs is 4. The number of anilines is 1. The monoisotopic (exact) mass is 449 g/mol. The lowest BCUT2D eigenvalue weighted by Crippen LogP contribution is -2.48. The number of amides is 1. The average Bonchev–Trinajstić information content (AvgIpc) is 3.56. The summed E-state index contributed by atoms with van der Waals surface area (Å²) in [6.45, 7) is 2.13.